The normalized spacial score (nSPS) is 11.5. The lowest BCUT2D eigenvalue weighted by atomic mass is 10.1. The molecule has 1 aromatic carbocycles. The minimum absolute atomic E-state index is 0.198. The van der Waals surface area contributed by atoms with Crippen molar-refractivity contribution < 1.29 is 0 Å². The Balaban J connectivity index is 2.05. The number of benzene rings is 1. The van der Waals surface area contributed by atoms with Gasteiger partial charge in [-0.15, -0.1) is 0 Å². The van der Waals surface area contributed by atoms with E-state index in [0.717, 1.165) is 28.2 Å². The zero-order chi connectivity index (χ0) is 16.6. The number of aromatic amines is 2. The molecule has 0 amide bonds. The molecule has 0 saturated carbocycles. The first-order valence-electron chi connectivity index (χ1n) is 7.18. The minimum atomic E-state index is -0.198. The SMILES string of the molecule is CN(C)Cc1cc(Cn2c(=S)[nH]c(=O)c3[nH]ccc32)ccc1Cl. The summed E-state index contributed by atoms with van der Waals surface area (Å²) >= 11 is 11.6. The van der Waals surface area contributed by atoms with Crippen molar-refractivity contribution in [2.24, 2.45) is 0 Å². The summed E-state index contributed by atoms with van der Waals surface area (Å²) in [6, 6.07) is 7.82. The number of nitrogens with one attached hydrogen (secondary N) is 2. The Labute approximate surface area is 143 Å². The highest BCUT2D eigenvalue weighted by atomic mass is 35.5. The summed E-state index contributed by atoms with van der Waals surface area (Å²) in [5, 5.41) is 0.749. The molecule has 0 radical (unpaired) electrons. The Bertz CT molecular complexity index is 970. The Kier molecular flexibility index (Phi) is 4.39. The van der Waals surface area contributed by atoms with Crippen LogP contribution in [0.1, 0.15) is 11.1 Å². The number of fused-ring (bicyclic) bond motifs is 1. The van der Waals surface area contributed by atoms with Gasteiger partial charge in [-0.3, -0.25) is 9.78 Å². The second-order valence-electron chi connectivity index (χ2n) is 5.75. The van der Waals surface area contributed by atoms with Crippen LogP contribution in [0.2, 0.25) is 5.02 Å². The van der Waals surface area contributed by atoms with Crippen LogP contribution in [0.25, 0.3) is 11.0 Å². The van der Waals surface area contributed by atoms with Gasteiger partial charge in [-0.1, -0.05) is 23.7 Å². The molecular formula is C16H17ClN4OS. The summed E-state index contributed by atoms with van der Waals surface area (Å²) in [5.41, 5.74) is 3.27. The van der Waals surface area contributed by atoms with Crippen LogP contribution >= 0.6 is 23.8 Å². The summed E-state index contributed by atoms with van der Waals surface area (Å²) < 4.78 is 2.32. The van der Waals surface area contributed by atoms with Gasteiger partial charge in [0, 0.05) is 17.8 Å². The third-order valence-electron chi connectivity index (χ3n) is 3.65. The lowest BCUT2D eigenvalue weighted by Gasteiger charge is -2.14. The molecule has 2 N–H and O–H groups in total. The van der Waals surface area contributed by atoms with Gasteiger partial charge < -0.3 is 14.5 Å². The molecule has 0 aliphatic carbocycles. The van der Waals surface area contributed by atoms with Crippen LogP contribution in [0.3, 0.4) is 0 Å². The predicted molar refractivity (Wildman–Crippen MR) is 95.7 cm³/mol. The maximum absolute atomic E-state index is 11.9. The molecule has 0 spiro atoms. The van der Waals surface area contributed by atoms with E-state index in [4.69, 9.17) is 23.8 Å². The fourth-order valence-electron chi connectivity index (χ4n) is 2.63. The Hall–Kier alpha value is -1.89. The summed E-state index contributed by atoms with van der Waals surface area (Å²) in [5.74, 6) is 0. The van der Waals surface area contributed by atoms with Crippen LogP contribution in [0.4, 0.5) is 0 Å². The van der Waals surface area contributed by atoms with Crippen molar-refractivity contribution in [2.75, 3.05) is 14.1 Å². The summed E-state index contributed by atoms with van der Waals surface area (Å²) in [6.45, 7) is 1.34. The molecule has 0 bridgehead atoms. The third kappa shape index (κ3) is 3.24. The molecule has 3 aromatic rings. The van der Waals surface area contributed by atoms with Crippen molar-refractivity contribution in [1.29, 1.82) is 0 Å². The summed E-state index contributed by atoms with van der Waals surface area (Å²) in [6.07, 6.45) is 1.74. The van der Waals surface area contributed by atoms with E-state index in [1.165, 1.54) is 0 Å². The highest BCUT2D eigenvalue weighted by molar-refractivity contribution is 7.71. The monoisotopic (exact) mass is 348 g/mol. The van der Waals surface area contributed by atoms with Gasteiger partial charge in [-0.05, 0) is 49.6 Å². The Morgan fingerprint density at radius 1 is 1.30 bits per heavy atom. The molecule has 7 heteroatoms. The quantitative estimate of drug-likeness (QED) is 0.712. The molecule has 0 saturated heterocycles. The first kappa shape index (κ1) is 16.0. The number of nitrogens with zero attached hydrogens (tertiary/aromatic N) is 2. The van der Waals surface area contributed by atoms with Gasteiger partial charge in [0.1, 0.15) is 5.52 Å². The van der Waals surface area contributed by atoms with E-state index in [2.05, 4.69) is 20.9 Å². The molecule has 23 heavy (non-hydrogen) atoms. The lowest BCUT2D eigenvalue weighted by Crippen LogP contribution is -2.15. The van der Waals surface area contributed by atoms with E-state index >= 15 is 0 Å². The third-order valence-corrected chi connectivity index (χ3v) is 4.34. The number of hydrogen-bond acceptors (Lipinski definition) is 3. The first-order chi connectivity index (χ1) is 11.0. The number of H-pyrrole nitrogens is 2. The van der Waals surface area contributed by atoms with Crippen LogP contribution in [-0.4, -0.2) is 33.5 Å². The topological polar surface area (TPSA) is 56.8 Å². The van der Waals surface area contributed by atoms with Crippen molar-refractivity contribution in [1.82, 2.24) is 19.4 Å². The van der Waals surface area contributed by atoms with Gasteiger partial charge in [0.05, 0.1) is 12.1 Å². The van der Waals surface area contributed by atoms with E-state index in [0.29, 0.717) is 16.8 Å². The van der Waals surface area contributed by atoms with Crippen molar-refractivity contribution in [3.8, 4) is 0 Å². The van der Waals surface area contributed by atoms with Gasteiger partial charge in [-0.2, -0.15) is 0 Å². The maximum Gasteiger partial charge on any atom is 0.276 e. The summed E-state index contributed by atoms with van der Waals surface area (Å²) in [4.78, 5) is 19.6. The molecule has 0 fully saturated rings. The van der Waals surface area contributed by atoms with E-state index < -0.39 is 0 Å². The van der Waals surface area contributed by atoms with Crippen molar-refractivity contribution in [3.05, 3.63) is 61.7 Å². The Morgan fingerprint density at radius 3 is 2.83 bits per heavy atom. The maximum atomic E-state index is 11.9. The number of hydrogen-bond donors (Lipinski definition) is 2. The highest BCUT2D eigenvalue weighted by Gasteiger charge is 2.09. The molecule has 5 nitrogen and oxygen atoms in total. The molecule has 2 heterocycles. The van der Waals surface area contributed by atoms with Crippen LogP contribution in [0, 0.1) is 4.77 Å². The second-order valence-corrected chi connectivity index (χ2v) is 6.54. The highest BCUT2D eigenvalue weighted by Crippen LogP contribution is 2.20. The van der Waals surface area contributed by atoms with Crippen LogP contribution in [0.15, 0.2) is 35.3 Å². The van der Waals surface area contributed by atoms with Crippen LogP contribution in [0.5, 0.6) is 0 Å². The second kappa shape index (κ2) is 6.31. The van der Waals surface area contributed by atoms with E-state index in [-0.39, 0.29) is 5.56 Å². The number of aromatic nitrogens is 3. The van der Waals surface area contributed by atoms with Crippen molar-refractivity contribution in [3.63, 3.8) is 0 Å². The first-order valence-corrected chi connectivity index (χ1v) is 7.96. The molecule has 0 atom stereocenters. The number of rotatable bonds is 4. The molecule has 0 aliphatic rings. The van der Waals surface area contributed by atoms with Crippen molar-refractivity contribution >= 4 is 34.9 Å². The summed E-state index contributed by atoms with van der Waals surface area (Å²) in [7, 11) is 4.01. The molecule has 0 unspecified atom stereocenters. The van der Waals surface area contributed by atoms with Crippen molar-refractivity contribution in [2.45, 2.75) is 13.1 Å². The zero-order valence-electron chi connectivity index (χ0n) is 12.9. The van der Waals surface area contributed by atoms with Gasteiger partial charge in [-0.25, -0.2) is 0 Å². The average Bonchev–Trinajstić information content (AvgIpc) is 2.96. The van der Waals surface area contributed by atoms with Gasteiger partial charge >= 0.3 is 0 Å². The minimum Gasteiger partial charge on any atom is -0.355 e. The molecule has 3 rings (SSSR count). The molecule has 2 aromatic heterocycles. The smallest absolute Gasteiger partial charge is 0.276 e. The Morgan fingerprint density at radius 2 is 2.09 bits per heavy atom. The lowest BCUT2D eigenvalue weighted by molar-refractivity contribution is 0.402. The van der Waals surface area contributed by atoms with Gasteiger partial charge in [0.15, 0.2) is 4.77 Å². The van der Waals surface area contributed by atoms with Gasteiger partial charge in [0.2, 0.25) is 0 Å². The van der Waals surface area contributed by atoms with E-state index in [1.807, 2.05) is 36.9 Å². The molecule has 0 aliphatic heterocycles. The van der Waals surface area contributed by atoms with Crippen LogP contribution < -0.4 is 5.56 Å². The molecular weight excluding hydrogens is 332 g/mol. The van der Waals surface area contributed by atoms with E-state index in [1.54, 1.807) is 6.20 Å². The number of halogens is 1. The van der Waals surface area contributed by atoms with Crippen LogP contribution in [-0.2, 0) is 13.1 Å². The average molecular weight is 349 g/mol. The molecule has 120 valence electrons. The predicted octanol–water partition coefficient (Wildman–Crippen LogP) is 3.15. The largest absolute Gasteiger partial charge is 0.355 e. The fraction of sp³-hybridized carbons (Fsp3) is 0.250. The van der Waals surface area contributed by atoms with E-state index in [9.17, 15) is 4.79 Å². The standard InChI is InChI=1S/C16H17ClN4OS/c1-20(2)9-11-7-10(3-4-12(11)17)8-21-13-5-6-18-14(13)15(22)19-16(21)23/h3-7,18H,8-9H2,1-2H3,(H,19,22,23). The van der Waals surface area contributed by atoms with Gasteiger partial charge in [0.25, 0.3) is 5.56 Å². The zero-order valence-corrected chi connectivity index (χ0v) is 14.5. The fourth-order valence-corrected chi connectivity index (χ4v) is 3.07.